The number of morpholine rings is 1. The van der Waals surface area contributed by atoms with E-state index in [0.29, 0.717) is 12.3 Å². The Morgan fingerprint density at radius 3 is 2.34 bits per heavy atom. The van der Waals surface area contributed by atoms with Crippen LogP contribution in [-0.2, 0) is 14.3 Å². The number of benzene rings is 1. The van der Waals surface area contributed by atoms with E-state index in [4.69, 9.17) is 4.74 Å². The van der Waals surface area contributed by atoms with E-state index in [9.17, 15) is 9.59 Å². The molecule has 32 heavy (non-hydrogen) atoms. The van der Waals surface area contributed by atoms with Crippen molar-refractivity contribution < 1.29 is 14.3 Å². The molecule has 174 valence electrons. The van der Waals surface area contributed by atoms with E-state index in [2.05, 4.69) is 40.1 Å². The average Bonchev–Trinajstić information content (AvgIpc) is 2.87. The van der Waals surface area contributed by atoms with Crippen LogP contribution >= 0.6 is 0 Å². The molecule has 3 aliphatic heterocycles. The summed E-state index contributed by atoms with van der Waals surface area (Å²) in [4.78, 5) is 32.9. The second kappa shape index (κ2) is 9.52. The second-order valence-electron chi connectivity index (χ2n) is 10.1. The van der Waals surface area contributed by atoms with Crippen LogP contribution in [0.1, 0.15) is 63.0 Å². The maximum Gasteiger partial charge on any atom is 0.232 e. The molecule has 2 amide bonds. The minimum Gasteiger partial charge on any atom is -0.379 e. The van der Waals surface area contributed by atoms with Gasteiger partial charge >= 0.3 is 0 Å². The van der Waals surface area contributed by atoms with Crippen molar-refractivity contribution in [1.29, 1.82) is 0 Å². The van der Waals surface area contributed by atoms with Crippen LogP contribution in [0.2, 0.25) is 0 Å². The number of likely N-dealkylation sites (tertiary alicyclic amines) is 2. The van der Waals surface area contributed by atoms with Crippen molar-refractivity contribution in [2.24, 2.45) is 5.41 Å². The van der Waals surface area contributed by atoms with Crippen LogP contribution in [0.15, 0.2) is 30.3 Å². The predicted molar refractivity (Wildman–Crippen MR) is 123 cm³/mol. The summed E-state index contributed by atoms with van der Waals surface area (Å²) in [5, 5.41) is 0. The van der Waals surface area contributed by atoms with Crippen LogP contribution in [0.25, 0.3) is 0 Å². The molecule has 0 radical (unpaired) electrons. The Balaban J connectivity index is 1.20. The summed E-state index contributed by atoms with van der Waals surface area (Å²) < 4.78 is 5.39. The van der Waals surface area contributed by atoms with E-state index < -0.39 is 0 Å². The molecule has 4 aliphatic rings. The zero-order valence-electron chi connectivity index (χ0n) is 19.2. The molecule has 5 rings (SSSR count). The van der Waals surface area contributed by atoms with Crippen molar-refractivity contribution >= 4 is 11.8 Å². The van der Waals surface area contributed by atoms with Crippen molar-refractivity contribution in [2.75, 3.05) is 45.9 Å². The van der Waals surface area contributed by atoms with Gasteiger partial charge in [-0.2, -0.15) is 0 Å². The van der Waals surface area contributed by atoms with Gasteiger partial charge < -0.3 is 14.5 Å². The van der Waals surface area contributed by atoms with Crippen molar-refractivity contribution in [3.63, 3.8) is 0 Å². The second-order valence-corrected chi connectivity index (χ2v) is 10.1. The molecule has 1 atom stereocenters. The molecule has 0 aromatic heterocycles. The zero-order valence-corrected chi connectivity index (χ0v) is 19.2. The van der Waals surface area contributed by atoms with Gasteiger partial charge in [-0.15, -0.1) is 0 Å². The molecule has 0 N–H and O–H groups in total. The fourth-order valence-corrected chi connectivity index (χ4v) is 6.48. The quantitative estimate of drug-likeness (QED) is 0.661. The molecular weight excluding hydrogens is 402 g/mol. The van der Waals surface area contributed by atoms with Crippen LogP contribution in [0.5, 0.6) is 0 Å². The van der Waals surface area contributed by atoms with Gasteiger partial charge in [0.15, 0.2) is 0 Å². The third-order valence-electron chi connectivity index (χ3n) is 8.28. The van der Waals surface area contributed by atoms with E-state index in [1.54, 1.807) is 0 Å². The third kappa shape index (κ3) is 4.08. The van der Waals surface area contributed by atoms with E-state index >= 15 is 0 Å². The zero-order chi connectivity index (χ0) is 22.0. The lowest BCUT2D eigenvalue weighted by Gasteiger charge is -2.61. The third-order valence-corrected chi connectivity index (χ3v) is 8.28. The van der Waals surface area contributed by atoms with E-state index in [0.717, 1.165) is 71.6 Å². The Morgan fingerprint density at radius 1 is 0.969 bits per heavy atom. The molecule has 1 aromatic rings. The number of ether oxygens (including phenoxy) is 1. The fourth-order valence-electron chi connectivity index (χ4n) is 6.48. The molecule has 3 heterocycles. The Kier molecular flexibility index (Phi) is 6.51. The molecule has 6 heteroatoms. The summed E-state index contributed by atoms with van der Waals surface area (Å²) in [7, 11) is 0. The van der Waals surface area contributed by atoms with Gasteiger partial charge in [-0.05, 0) is 31.2 Å². The molecule has 1 unspecified atom stereocenters. The van der Waals surface area contributed by atoms with Crippen molar-refractivity contribution in [3.05, 3.63) is 35.9 Å². The smallest absolute Gasteiger partial charge is 0.232 e. The summed E-state index contributed by atoms with van der Waals surface area (Å²) >= 11 is 0. The first-order valence-electron chi connectivity index (χ1n) is 12.6. The van der Waals surface area contributed by atoms with E-state index in [1.165, 1.54) is 24.8 Å². The molecule has 1 spiro atoms. The lowest BCUT2D eigenvalue weighted by atomic mass is 9.59. The van der Waals surface area contributed by atoms with Crippen molar-refractivity contribution in [2.45, 2.75) is 63.5 Å². The number of rotatable bonds is 5. The van der Waals surface area contributed by atoms with Gasteiger partial charge in [-0.3, -0.25) is 14.5 Å². The van der Waals surface area contributed by atoms with Crippen LogP contribution < -0.4 is 0 Å². The summed E-state index contributed by atoms with van der Waals surface area (Å²) in [6.45, 7) is 5.76. The molecule has 4 fully saturated rings. The Bertz CT molecular complexity index is 794. The highest BCUT2D eigenvalue weighted by atomic mass is 16.5. The highest BCUT2D eigenvalue weighted by Crippen LogP contribution is 2.59. The number of amides is 2. The molecule has 1 aliphatic carbocycles. The maximum absolute atomic E-state index is 13.5. The monoisotopic (exact) mass is 439 g/mol. The SMILES string of the molecule is O=C(CCN1CCOCC1)N1CCC(N2C(=O)C3(CCCCC3)C2c2ccccc2)CC1. The van der Waals surface area contributed by atoms with Gasteiger partial charge in [0, 0.05) is 45.2 Å². The first-order chi connectivity index (χ1) is 15.7. The number of hydrogen-bond acceptors (Lipinski definition) is 4. The highest BCUT2D eigenvalue weighted by Gasteiger charge is 2.62. The molecule has 1 saturated carbocycles. The van der Waals surface area contributed by atoms with Crippen LogP contribution in [0.4, 0.5) is 0 Å². The topological polar surface area (TPSA) is 53.1 Å². The summed E-state index contributed by atoms with van der Waals surface area (Å²) in [5.41, 5.74) is 1.11. The molecule has 6 nitrogen and oxygen atoms in total. The number of carbonyl (C=O) groups is 2. The van der Waals surface area contributed by atoms with E-state index in [1.807, 2.05) is 4.90 Å². The summed E-state index contributed by atoms with van der Waals surface area (Å²) in [5.74, 6) is 0.636. The summed E-state index contributed by atoms with van der Waals surface area (Å²) in [6.07, 6.45) is 8.02. The molecule has 3 saturated heterocycles. The first kappa shape index (κ1) is 21.9. The first-order valence-corrected chi connectivity index (χ1v) is 12.6. The van der Waals surface area contributed by atoms with Crippen molar-refractivity contribution in [1.82, 2.24) is 14.7 Å². The van der Waals surface area contributed by atoms with Gasteiger partial charge in [-0.1, -0.05) is 49.6 Å². The van der Waals surface area contributed by atoms with Crippen LogP contribution in [-0.4, -0.2) is 78.5 Å². The minimum absolute atomic E-state index is 0.176. The predicted octanol–water partition coefficient (Wildman–Crippen LogP) is 3.23. The highest BCUT2D eigenvalue weighted by molar-refractivity contribution is 5.91. The number of nitrogens with zero attached hydrogens (tertiary/aromatic N) is 3. The van der Waals surface area contributed by atoms with Gasteiger partial charge in [0.2, 0.25) is 11.8 Å². The molecule has 0 bridgehead atoms. The lowest BCUT2D eigenvalue weighted by molar-refractivity contribution is -0.186. The van der Waals surface area contributed by atoms with Gasteiger partial charge in [0.25, 0.3) is 0 Å². The molecule has 1 aromatic carbocycles. The average molecular weight is 440 g/mol. The van der Waals surface area contributed by atoms with E-state index in [-0.39, 0.29) is 23.4 Å². The Morgan fingerprint density at radius 2 is 1.66 bits per heavy atom. The van der Waals surface area contributed by atoms with Gasteiger partial charge in [0.1, 0.15) is 0 Å². The van der Waals surface area contributed by atoms with Gasteiger partial charge in [0.05, 0.1) is 24.7 Å². The number of β-lactam (4-membered cyclic amide) rings is 1. The Labute approximate surface area is 191 Å². The summed E-state index contributed by atoms with van der Waals surface area (Å²) in [6, 6.07) is 11.1. The Hall–Kier alpha value is -1.92. The van der Waals surface area contributed by atoms with Crippen LogP contribution in [0, 0.1) is 5.41 Å². The standard InChI is InChI=1S/C26H37N3O3/c30-23(11-14-27-17-19-32-20-18-27)28-15-9-22(10-16-28)29-24(21-7-3-1-4-8-21)26(25(29)31)12-5-2-6-13-26/h1,3-4,7-8,22,24H,2,5-6,9-20H2. The number of piperidine rings is 1. The van der Waals surface area contributed by atoms with Gasteiger partial charge in [-0.25, -0.2) is 0 Å². The van der Waals surface area contributed by atoms with Crippen LogP contribution in [0.3, 0.4) is 0 Å². The largest absolute Gasteiger partial charge is 0.379 e. The fraction of sp³-hybridized carbons (Fsp3) is 0.692. The normalized spacial score (nSPS) is 26.9. The molecular formula is C26H37N3O3. The number of hydrogen-bond donors (Lipinski definition) is 0. The minimum atomic E-state index is -0.176. The van der Waals surface area contributed by atoms with Crippen molar-refractivity contribution in [3.8, 4) is 0 Å². The maximum atomic E-state index is 13.5. The lowest BCUT2D eigenvalue weighted by Crippen LogP contribution is -2.67. The number of carbonyl (C=O) groups excluding carboxylic acids is 2.